The second-order valence-electron chi connectivity index (χ2n) is 5.45. The first-order valence-electron chi connectivity index (χ1n) is 7.56. The predicted octanol–water partition coefficient (Wildman–Crippen LogP) is 3.20. The van der Waals surface area contributed by atoms with Gasteiger partial charge in [0.1, 0.15) is 5.54 Å². The van der Waals surface area contributed by atoms with Crippen LogP contribution in [0, 0.1) is 0 Å². The van der Waals surface area contributed by atoms with Crippen LogP contribution < -0.4 is 5.32 Å². The van der Waals surface area contributed by atoms with Crippen molar-refractivity contribution in [2.24, 2.45) is 0 Å². The zero-order valence-electron chi connectivity index (χ0n) is 13.0. The summed E-state index contributed by atoms with van der Waals surface area (Å²) < 4.78 is 5.71. The molecule has 0 aromatic heterocycles. The van der Waals surface area contributed by atoms with E-state index in [0.717, 1.165) is 6.42 Å². The Kier molecular flexibility index (Phi) is 9.88. The first kappa shape index (κ1) is 18.4. The van der Waals surface area contributed by atoms with Gasteiger partial charge in [-0.1, -0.05) is 39.5 Å². The van der Waals surface area contributed by atoms with E-state index < -0.39 is 11.5 Å². The van der Waals surface area contributed by atoms with E-state index in [1.54, 1.807) is 6.92 Å². The van der Waals surface area contributed by atoms with Crippen LogP contribution in [0.2, 0.25) is 0 Å². The van der Waals surface area contributed by atoms with Crippen molar-refractivity contribution in [1.29, 1.82) is 0 Å². The zero-order valence-corrected chi connectivity index (χ0v) is 13.0. The SMILES string of the molecule is CCCCCCC(C)OCCC(C)(NCC)C(=O)O. The Balaban J connectivity index is 3.83. The first-order chi connectivity index (χ1) is 8.96. The molecular weight excluding hydrogens is 242 g/mol. The summed E-state index contributed by atoms with van der Waals surface area (Å²) in [4.78, 5) is 11.2. The minimum absolute atomic E-state index is 0.219. The van der Waals surface area contributed by atoms with Gasteiger partial charge < -0.3 is 15.2 Å². The molecule has 0 aromatic rings. The van der Waals surface area contributed by atoms with Crippen molar-refractivity contribution >= 4 is 5.97 Å². The molecular formula is C15H31NO3. The molecule has 0 aromatic carbocycles. The minimum atomic E-state index is -0.878. The fourth-order valence-electron chi connectivity index (χ4n) is 2.07. The molecule has 19 heavy (non-hydrogen) atoms. The Labute approximate surface area is 117 Å². The molecule has 2 N–H and O–H groups in total. The van der Waals surface area contributed by atoms with E-state index in [9.17, 15) is 9.90 Å². The van der Waals surface area contributed by atoms with Crippen LogP contribution in [-0.4, -0.2) is 35.9 Å². The van der Waals surface area contributed by atoms with Crippen LogP contribution in [0.25, 0.3) is 0 Å². The third-order valence-corrected chi connectivity index (χ3v) is 3.51. The summed E-state index contributed by atoms with van der Waals surface area (Å²) in [6.45, 7) is 9.04. The van der Waals surface area contributed by atoms with Crippen molar-refractivity contribution in [3.63, 3.8) is 0 Å². The number of carbonyl (C=O) groups is 1. The van der Waals surface area contributed by atoms with Gasteiger partial charge in [0.25, 0.3) is 0 Å². The Hall–Kier alpha value is -0.610. The average Bonchev–Trinajstić information content (AvgIpc) is 2.35. The second-order valence-corrected chi connectivity index (χ2v) is 5.45. The molecule has 0 spiro atoms. The molecule has 4 heteroatoms. The topological polar surface area (TPSA) is 58.6 Å². The minimum Gasteiger partial charge on any atom is -0.480 e. The van der Waals surface area contributed by atoms with Crippen LogP contribution >= 0.6 is 0 Å². The summed E-state index contributed by atoms with van der Waals surface area (Å²) in [5.41, 5.74) is -0.878. The maximum atomic E-state index is 11.2. The number of rotatable bonds is 12. The van der Waals surface area contributed by atoms with Crippen molar-refractivity contribution in [3.05, 3.63) is 0 Å². The largest absolute Gasteiger partial charge is 0.480 e. The van der Waals surface area contributed by atoms with E-state index in [1.165, 1.54) is 25.7 Å². The van der Waals surface area contributed by atoms with Crippen molar-refractivity contribution in [3.8, 4) is 0 Å². The summed E-state index contributed by atoms with van der Waals surface area (Å²) in [5.74, 6) is -0.812. The fourth-order valence-corrected chi connectivity index (χ4v) is 2.07. The molecule has 0 radical (unpaired) electrons. The van der Waals surface area contributed by atoms with Gasteiger partial charge in [-0.2, -0.15) is 0 Å². The molecule has 4 nitrogen and oxygen atoms in total. The van der Waals surface area contributed by atoms with Gasteiger partial charge in [-0.05, 0) is 33.2 Å². The molecule has 0 saturated carbocycles. The van der Waals surface area contributed by atoms with Crippen molar-refractivity contribution < 1.29 is 14.6 Å². The number of hydrogen-bond acceptors (Lipinski definition) is 3. The van der Waals surface area contributed by atoms with Crippen molar-refractivity contribution in [2.75, 3.05) is 13.2 Å². The Morgan fingerprint density at radius 1 is 1.32 bits per heavy atom. The van der Waals surface area contributed by atoms with Gasteiger partial charge in [0.2, 0.25) is 0 Å². The van der Waals surface area contributed by atoms with Crippen molar-refractivity contribution in [1.82, 2.24) is 5.32 Å². The van der Waals surface area contributed by atoms with Gasteiger partial charge in [0, 0.05) is 6.61 Å². The van der Waals surface area contributed by atoms with Crippen LogP contribution in [0.1, 0.15) is 66.2 Å². The number of aliphatic carboxylic acids is 1. The number of carboxylic acid groups (broad SMARTS) is 1. The van der Waals surface area contributed by atoms with Crippen LogP contribution in [0.5, 0.6) is 0 Å². The average molecular weight is 273 g/mol. The Bertz CT molecular complexity index is 246. The molecule has 0 heterocycles. The zero-order chi connectivity index (χ0) is 14.7. The first-order valence-corrected chi connectivity index (χ1v) is 7.56. The van der Waals surface area contributed by atoms with Gasteiger partial charge >= 0.3 is 5.97 Å². The molecule has 0 rings (SSSR count). The molecule has 114 valence electrons. The molecule has 0 amide bonds. The van der Waals surface area contributed by atoms with Gasteiger partial charge in [0.15, 0.2) is 0 Å². The number of nitrogens with one attached hydrogen (secondary N) is 1. The standard InChI is InChI=1S/C15H31NO3/c1-5-7-8-9-10-13(3)19-12-11-15(4,14(17)18)16-6-2/h13,16H,5-12H2,1-4H3,(H,17,18). The van der Waals surface area contributed by atoms with E-state index in [2.05, 4.69) is 19.2 Å². The smallest absolute Gasteiger partial charge is 0.323 e. The monoisotopic (exact) mass is 273 g/mol. The number of likely N-dealkylation sites (N-methyl/N-ethyl adjacent to an activating group) is 1. The fraction of sp³-hybridized carbons (Fsp3) is 0.933. The van der Waals surface area contributed by atoms with E-state index in [4.69, 9.17) is 4.74 Å². The van der Waals surface area contributed by atoms with E-state index in [-0.39, 0.29) is 6.10 Å². The number of unbranched alkanes of at least 4 members (excludes halogenated alkanes) is 3. The van der Waals surface area contributed by atoms with E-state index in [1.807, 2.05) is 6.92 Å². The third-order valence-electron chi connectivity index (χ3n) is 3.51. The van der Waals surface area contributed by atoms with Gasteiger partial charge in [-0.15, -0.1) is 0 Å². The number of hydrogen-bond donors (Lipinski definition) is 2. The quantitative estimate of drug-likeness (QED) is 0.536. The molecule has 2 atom stereocenters. The van der Waals surface area contributed by atoms with Gasteiger partial charge in [-0.3, -0.25) is 4.79 Å². The summed E-state index contributed by atoms with van der Waals surface area (Å²) in [6, 6.07) is 0. The van der Waals surface area contributed by atoms with Crippen LogP contribution in [0.4, 0.5) is 0 Å². The van der Waals surface area contributed by atoms with Crippen LogP contribution in [0.3, 0.4) is 0 Å². The predicted molar refractivity (Wildman–Crippen MR) is 78.5 cm³/mol. The van der Waals surface area contributed by atoms with Crippen molar-refractivity contribution in [2.45, 2.75) is 77.9 Å². The Morgan fingerprint density at radius 3 is 2.53 bits per heavy atom. The summed E-state index contributed by atoms with van der Waals surface area (Å²) >= 11 is 0. The maximum Gasteiger partial charge on any atom is 0.323 e. The molecule has 0 bridgehead atoms. The molecule has 0 saturated heterocycles. The van der Waals surface area contributed by atoms with E-state index in [0.29, 0.717) is 19.6 Å². The lowest BCUT2D eigenvalue weighted by molar-refractivity contribution is -0.145. The summed E-state index contributed by atoms with van der Waals surface area (Å²) in [5, 5.41) is 12.2. The van der Waals surface area contributed by atoms with Gasteiger partial charge in [0.05, 0.1) is 6.10 Å². The summed E-state index contributed by atoms with van der Waals surface area (Å²) in [6.07, 6.45) is 6.75. The highest BCUT2D eigenvalue weighted by Crippen LogP contribution is 2.13. The highest BCUT2D eigenvalue weighted by Gasteiger charge is 2.31. The molecule has 0 aliphatic heterocycles. The molecule has 2 unspecified atom stereocenters. The Morgan fingerprint density at radius 2 is 2.00 bits per heavy atom. The highest BCUT2D eigenvalue weighted by molar-refractivity contribution is 5.78. The molecule has 0 aliphatic carbocycles. The van der Waals surface area contributed by atoms with E-state index >= 15 is 0 Å². The third kappa shape index (κ3) is 8.22. The number of ether oxygens (including phenoxy) is 1. The van der Waals surface area contributed by atoms with Gasteiger partial charge in [-0.25, -0.2) is 0 Å². The lowest BCUT2D eigenvalue weighted by atomic mass is 9.98. The molecule has 0 aliphatic rings. The molecule has 0 fully saturated rings. The van der Waals surface area contributed by atoms with Crippen LogP contribution in [0.15, 0.2) is 0 Å². The highest BCUT2D eigenvalue weighted by atomic mass is 16.5. The normalized spacial score (nSPS) is 16.0. The second kappa shape index (κ2) is 10.2. The maximum absolute atomic E-state index is 11.2. The lowest BCUT2D eigenvalue weighted by Gasteiger charge is -2.26. The lowest BCUT2D eigenvalue weighted by Crippen LogP contribution is -2.50. The summed E-state index contributed by atoms with van der Waals surface area (Å²) in [7, 11) is 0. The number of carboxylic acids is 1. The van der Waals surface area contributed by atoms with Crippen LogP contribution in [-0.2, 0) is 9.53 Å².